The normalized spacial score (nSPS) is 17.5. The molecule has 5 rings (SSSR count). The molecule has 8 nitrogen and oxygen atoms in total. The number of fused-ring (bicyclic) bond motifs is 1. The van der Waals surface area contributed by atoms with E-state index in [4.69, 9.17) is 21.9 Å². The van der Waals surface area contributed by atoms with Crippen LogP contribution in [0.2, 0.25) is 0 Å². The Kier molecular flexibility index (Phi) is 7.54. The zero-order chi connectivity index (χ0) is 25.9. The molecule has 0 radical (unpaired) electrons. The average Bonchev–Trinajstić information content (AvgIpc) is 3.18. The van der Waals surface area contributed by atoms with Crippen molar-refractivity contribution >= 4 is 57.4 Å². The first kappa shape index (κ1) is 25.4. The van der Waals surface area contributed by atoms with E-state index in [0.717, 1.165) is 0 Å². The molecule has 0 spiro atoms. The number of ether oxygens (including phenoxy) is 1. The first-order chi connectivity index (χ1) is 18.0. The van der Waals surface area contributed by atoms with E-state index in [2.05, 4.69) is 0 Å². The number of piperazine rings is 1. The van der Waals surface area contributed by atoms with Crippen molar-refractivity contribution in [2.24, 2.45) is 0 Å². The van der Waals surface area contributed by atoms with Crippen LogP contribution in [0.1, 0.15) is 12.0 Å². The van der Waals surface area contributed by atoms with Gasteiger partial charge >= 0.3 is 0 Å². The van der Waals surface area contributed by atoms with Gasteiger partial charge in [-0.2, -0.15) is 0 Å². The molecule has 2 fully saturated rings. The highest BCUT2D eigenvalue weighted by atomic mass is 32.2. The second-order valence-corrected chi connectivity index (χ2v) is 10.4. The van der Waals surface area contributed by atoms with Gasteiger partial charge in [0.25, 0.3) is 11.5 Å². The van der Waals surface area contributed by atoms with E-state index in [1.54, 1.807) is 48.5 Å². The van der Waals surface area contributed by atoms with E-state index in [9.17, 15) is 14.0 Å². The Morgan fingerprint density at radius 2 is 1.81 bits per heavy atom. The van der Waals surface area contributed by atoms with Gasteiger partial charge in [-0.1, -0.05) is 42.2 Å². The molecular formula is C26H26FN5O3S2. The summed E-state index contributed by atoms with van der Waals surface area (Å²) in [5, 5.41) is 0. The molecule has 0 N–H and O–H groups in total. The van der Waals surface area contributed by atoms with Crippen LogP contribution in [0.4, 0.5) is 15.9 Å². The summed E-state index contributed by atoms with van der Waals surface area (Å²) in [5.74, 6) is 0.0271. The Balaban J connectivity index is 1.48. The lowest BCUT2D eigenvalue weighted by Gasteiger charge is -2.37. The Morgan fingerprint density at radius 3 is 2.57 bits per heavy atom. The quantitative estimate of drug-likeness (QED) is 0.257. The molecule has 2 saturated heterocycles. The van der Waals surface area contributed by atoms with Gasteiger partial charge in [-0.05, 0) is 36.8 Å². The molecule has 192 valence electrons. The summed E-state index contributed by atoms with van der Waals surface area (Å²) in [7, 11) is 1.61. The Morgan fingerprint density at radius 1 is 1.08 bits per heavy atom. The van der Waals surface area contributed by atoms with Gasteiger partial charge in [0.05, 0.1) is 16.2 Å². The number of halogens is 1. The van der Waals surface area contributed by atoms with Crippen LogP contribution >= 0.6 is 24.0 Å². The minimum atomic E-state index is -0.262. The van der Waals surface area contributed by atoms with Gasteiger partial charge in [-0.3, -0.25) is 18.9 Å². The Hall–Kier alpha value is -3.28. The molecule has 2 aromatic heterocycles. The third kappa shape index (κ3) is 5.11. The van der Waals surface area contributed by atoms with E-state index in [1.165, 1.54) is 22.2 Å². The number of aromatic nitrogens is 2. The van der Waals surface area contributed by atoms with Crippen molar-refractivity contribution in [1.82, 2.24) is 14.3 Å². The number of benzene rings is 1. The molecule has 2 aliphatic rings. The number of anilines is 2. The SMILES string of the molecule is COCCCN1C(=O)/C(=C\c2c(N3CCN(c4ccccc4F)CC3)nc3ccccn3c2=O)SC1=S. The van der Waals surface area contributed by atoms with E-state index >= 15 is 0 Å². The summed E-state index contributed by atoms with van der Waals surface area (Å²) < 4.78 is 21.4. The number of hydrogen-bond acceptors (Lipinski definition) is 8. The summed E-state index contributed by atoms with van der Waals surface area (Å²) in [6.07, 6.45) is 3.94. The summed E-state index contributed by atoms with van der Waals surface area (Å²) in [5.41, 5.74) is 1.15. The topological polar surface area (TPSA) is 70.4 Å². The number of para-hydroxylation sites is 1. The molecular weight excluding hydrogens is 513 g/mol. The summed E-state index contributed by atoms with van der Waals surface area (Å²) >= 11 is 6.63. The van der Waals surface area contributed by atoms with Crippen molar-refractivity contribution in [3.8, 4) is 0 Å². The van der Waals surface area contributed by atoms with Crippen molar-refractivity contribution in [2.75, 3.05) is 56.2 Å². The molecule has 37 heavy (non-hydrogen) atoms. The third-order valence-electron chi connectivity index (χ3n) is 6.40. The van der Waals surface area contributed by atoms with Crippen LogP contribution in [0.5, 0.6) is 0 Å². The number of thioether (sulfide) groups is 1. The first-order valence-electron chi connectivity index (χ1n) is 12.0. The predicted octanol–water partition coefficient (Wildman–Crippen LogP) is 3.40. The molecule has 3 aromatic rings. The first-order valence-corrected chi connectivity index (χ1v) is 13.2. The molecule has 0 saturated carbocycles. The van der Waals surface area contributed by atoms with Crippen LogP contribution < -0.4 is 15.4 Å². The van der Waals surface area contributed by atoms with Gasteiger partial charge in [-0.15, -0.1) is 0 Å². The molecule has 11 heteroatoms. The van der Waals surface area contributed by atoms with Crippen LogP contribution in [0.25, 0.3) is 11.7 Å². The maximum Gasteiger partial charge on any atom is 0.267 e. The van der Waals surface area contributed by atoms with Crippen LogP contribution in [-0.2, 0) is 9.53 Å². The van der Waals surface area contributed by atoms with Crippen LogP contribution in [0.3, 0.4) is 0 Å². The number of carbonyl (C=O) groups excluding carboxylic acids is 1. The van der Waals surface area contributed by atoms with E-state index in [1.807, 2.05) is 21.9 Å². The second-order valence-electron chi connectivity index (χ2n) is 8.69. The van der Waals surface area contributed by atoms with E-state index in [-0.39, 0.29) is 17.3 Å². The van der Waals surface area contributed by atoms with Gasteiger partial charge in [0.1, 0.15) is 21.6 Å². The van der Waals surface area contributed by atoms with Crippen molar-refractivity contribution < 1.29 is 13.9 Å². The number of pyridine rings is 1. The van der Waals surface area contributed by atoms with Gasteiger partial charge < -0.3 is 14.5 Å². The standard InChI is InChI=1S/C26H26FN5O3S2/c1-35-16-6-11-32-25(34)21(37-26(32)36)17-18-23(28-22-9-4-5-10-31(22)24(18)33)30-14-12-29(13-15-30)20-8-3-2-7-19(20)27/h2-5,7-10,17H,6,11-16H2,1H3/b21-17+. The lowest BCUT2D eigenvalue weighted by molar-refractivity contribution is -0.122. The van der Waals surface area contributed by atoms with Crippen molar-refractivity contribution in [2.45, 2.75) is 6.42 Å². The molecule has 1 aromatic carbocycles. The maximum absolute atomic E-state index is 14.3. The monoisotopic (exact) mass is 539 g/mol. The van der Waals surface area contributed by atoms with Crippen LogP contribution in [-0.4, -0.2) is 71.0 Å². The predicted molar refractivity (Wildman–Crippen MR) is 149 cm³/mol. The molecule has 0 aliphatic carbocycles. The number of thiocarbonyl (C=S) groups is 1. The van der Waals surface area contributed by atoms with Gasteiger partial charge in [0.2, 0.25) is 0 Å². The lowest BCUT2D eigenvalue weighted by atomic mass is 10.2. The van der Waals surface area contributed by atoms with Crippen molar-refractivity contribution in [1.29, 1.82) is 0 Å². The van der Waals surface area contributed by atoms with Crippen molar-refractivity contribution in [3.05, 3.63) is 75.3 Å². The zero-order valence-electron chi connectivity index (χ0n) is 20.3. The van der Waals surface area contributed by atoms with E-state index in [0.29, 0.717) is 77.7 Å². The molecule has 0 atom stereocenters. The molecule has 1 amide bonds. The molecule has 0 bridgehead atoms. The minimum absolute atomic E-state index is 0.223. The van der Waals surface area contributed by atoms with Gasteiger partial charge in [-0.25, -0.2) is 9.37 Å². The van der Waals surface area contributed by atoms with Crippen LogP contribution in [0.15, 0.2) is 58.4 Å². The molecule has 2 aliphatic heterocycles. The smallest absolute Gasteiger partial charge is 0.267 e. The molecule has 4 heterocycles. The van der Waals surface area contributed by atoms with Crippen molar-refractivity contribution in [3.63, 3.8) is 0 Å². The highest BCUT2D eigenvalue weighted by Gasteiger charge is 2.33. The van der Waals surface area contributed by atoms with Crippen LogP contribution in [0, 0.1) is 5.82 Å². The largest absolute Gasteiger partial charge is 0.385 e. The fourth-order valence-electron chi connectivity index (χ4n) is 4.52. The lowest BCUT2D eigenvalue weighted by Crippen LogP contribution is -2.47. The number of rotatable bonds is 7. The van der Waals surface area contributed by atoms with E-state index < -0.39 is 0 Å². The number of carbonyl (C=O) groups is 1. The highest BCUT2D eigenvalue weighted by Crippen LogP contribution is 2.34. The zero-order valence-corrected chi connectivity index (χ0v) is 21.9. The fourth-order valence-corrected chi connectivity index (χ4v) is 5.81. The Labute approximate surface area is 223 Å². The summed E-state index contributed by atoms with van der Waals surface area (Å²) in [4.78, 5) is 37.5. The summed E-state index contributed by atoms with van der Waals surface area (Å²) in [6.45, 7) is 3.20. The number of methoxy groups -OCH3 is 1. The third-order valence-corrected chi connectivity index (χ3v) is 7.78. The minimum Gasteiger partial charge on any atom is -0.385 e. The average molecular weight is 540 g/mol. The highest BCUT2D eigenvalue weighted by molar-refractivity contribution is 8.26. The fraction of sp³-hybridized carbons (Fsp3) is 0.308. The second kappa shape index (κ2) is 11.0. The molecule has 0 unspecified atom stereocenters. The number of hydrogen-bond donors (Lipinski definition) is 0. The summed E-state index contributed by atoms with van der Waals surface area (Å²) in [6, 6.07) is 12.1. The van der Waals surface area contributed by atoms with Gasteiger partial charge in [0.15, 0.2) is 0 Å². The van der Waals surface area contributed by atoms with Gasteiger partial charge in [0, 0.05) is 52.6 Å². The maximum atomic E-state index is 14.3. The Bertz CT molecular complexity index is 1440. The number of amides is 1. The number of nitrogens with zero attached hydrogens (tertiary/aromatic N) is 5.